The second-order valence-electron chi connectivity index (χ2n) is 6.03. The number of alkyl halides is 2. The van der Waals surface area contributed by atoms with Gasteiger partial charge < -0.3 is 10.4 Å². The maximum atomic E-state index is 14.4. The molecule has 1 amide bonds. The maximum absolute atomic E-state index is 14.4. The van der Waals surface area contributed by atoms with E-state index < -0.39 is 40.6 Å². The molecular formula is C15H18F3NO3. The van der Waals surface area contributed by atoms with E-state index in [1.165, 1.54) is 33.8 Å². The number of benzene rings is 1. The molecular weight excluding hydrogens is 299 g/mol. The number of amides is 1. The summed E-state index contributed by atoms with van der Waals surface area (Å²) in [6, 6.07) is 2.16. The third kappa shape index (κ3) is 3.58. The molecule has 4 nitrogen and oxygen atoms in total. The lowest BCUT2D eigenvalue weighted by Gasteiger charge is -2.25. The summed E-state index contributed by atoms with van der Waals surface area (Å²) < 4.78 is 42.9. The van der Waals surface area contributed by atoms with Crippen molar-refractivity contribution >= 4 is 11.9 Å². The molecule has 2 N–H and O–H groups in total. The van der Waals surface area contributed by atoms with E-state index >= 15 is 0 Å². The number of carbonyl (C=O) groups is 2. The Balaban J connectivity index is 3.33. The summed E-state index contributed by atoms with van der Waals surface area (Å²) in [6.07, 6.45) is -1.41. The molecule has 0 aliphatic heterocycles. The fraction of sp³-hybridized carbons (Fsp3) is 0.467. The highest BCUT2D eigenvalue weighted by atomic mass is 19.3. The first-order valence-corrected chi connectivity index (χ1v) is 6.60. The van der Waals surface area contributed by atoms with E-state index in [4.69, 9.17) is 5.11 Å². The lowest BCUT2D eigenvalue weighted by Crippen LogP contribution is -2.37. The Kier molecular flexibility index (Phi) is 4.89. The van der Waals surface area contributed by atoms with Gasteiger partial charge in [0.2, 0.25) is 5.78 Å². The van der Waals surface area contributed by atoms with Crippen molar-refractivity contribution in [3.8, 4) is 0 Å². The first-order chi connectivity index (χ1) is 9.89. The predicted octanol–water partition coefficient (Wildman–Crippen LogP) is 3.86. The Bertz CT molecular complexity index is 594. The molecule has 0 fully saturated rings. The molecule has 0 radical (unpaired) electrons. The predicted molar refractivity (Wildman–Crippen MR) is 74.3 cm³/mol. The van der Waals surface area contributed by atoms with Crippen LogP contribution in [0.4, 0.5) is 18.0 Å². The maximum Gasteiger partial charge on any atom is 0.405 e. The number of hydrogen-bond donors (Lipinski definition) is 2. The van der Waals surface area contributed by atoms with Crippen LogP contribution in [0, 0.1) is 11.2 Å². The Hall–Kier alpha value is -2.05. The number of Topliss-reactive ketones (excluding diaryl/α,β-unsaturated/α-hetero) is 1. The van der Waals surface area contributed by atoms with E-state index in [0.717, 1.165) is 12.1 Å². The molecule has 0 saturated heterocycles. The van der Waals surface area contributed by atoms with E-state index in [0.29, 0.717) is 0 Å². The van der Waals surface area contributed by atoms with Crippen molar-refractivity contribution in [2.45, 2.75) is 39.7 Å². The molecule has 0 aliphatic rings. The number of ketones is 1. The zero-order valence-electron chi connectivity index (χ0n) is 12.7. The lowest BCUT2D eigenvalue weighted by atomic mass is 9.84. The SMILES string of the molecule is C[C@@H](NC(=O)O)c1cccc(C(F)(F)C(=O)C(C)(C)C)c1F. The van der Waals surface area contributed by atoms with Crippen molar-refractivity contribution in [1.29, 1.82) is 0 Å². The third-order valence-corrected chi connectivity index (χ3v) is 3.14. The van der Waals surface area contributed by atoms with Gasteiger partial charge in [-0.3, -0.25) is 4.79 Å². The first-order valence-electron chi connectivity index (χ1n) is 6.60. The van der Waals surface area contributed by atoms with E-state index in [2.05, 4.69) is 0 Å². The van der Waals surface area contributed by atoms with Gasteiger partial charge in [0.25, 0.3) is 0 Å². The molecule has 0 saturated carbocycles. The zero-order chi connectivity index (χ0) is 17.3. The summed E-state index contributed by atoms with van der Waals surface area (Å²) in [4.78, 5) is 22.5. The molecule has 0 aliphatic carbocycles. The van der Waals surface area contributed by atoms with Gasteiger partial charge in [-0.15, -0.1) is 0 Å². The standard InChI is InChI=1S/C15H18F3NO3/c1-8(19-13(21)22)9-6-5-7-10(11(9)16)15(17,18)12(20)14(2,3)4/h5-8,19H,1-4H3,(H,21,22)/t8-/m1/s1. The minimum atomic E-state index is -4.00. The van der Waals surface area contributed by atoms with Crippen LogP contribution in [0.2, 0.25) is 0 Å². The molecule has 1 aromatic rings. The second kappa shape index (κ2) is 5.98. The lowest BCUT2D eigenvalue weighted by molar-refractivity contribution is -0.153. The van der Waals surface area contributed by atoms with Crippen molar-refractivity contribution in [1.82, 2.24) is 5.32 Å². The number of nitrogens with one attached hydrogen (secondary N) is 1. The summed E-state index contributed by atoms with van der Waals surface area (Å²) in [7, 11) is 0. The summed E-state index contributed by atoms with van der Waals surface area (Å²) in [5, 5.41) is 10.6. The second-order valence-corrected chi connectivity index (χ2v) is 6.03. The van der Waals surface area contributed by atoms with Crippen LogP contribution >= 0.6 is 0 Å². The summed E-state index contributed by atoms with van der Waals surface area (Å²) in [5.41, 5.74) is -2.65. The molecule has 7 heteroatoms. The average molecular weight is 317 g/mol. The topological polar surface area (TPSA) is 66.4 Å². The van der Waals surface area contributed by atoms with Gasteiger partial charge in [-0.2, -0.15) is 8.78 Å². The van der Waals surface area contributed by atoms with Gasteiger partial charge in [-0.25, -0.2) is 9.18 Å². The van der Waals surface area contributed by atoms with Gasteiger partial charge in [0.1, 0.15) is 5.82 Å². The molecule has 1 atom stereocenters. The average Bonchev–Trinajstić information content (AvgIpc) is 2.35. The largest absolute Gasteiger partial charge is 0.465 e. The molecule has 0 aromatic heterocycles. The van der Waals surface area contributed by atoms with Crippen LogP contribution in [0.15, 0.2) is 18.2 Å². The van der Waals surface area contributed by atoms with Crippen molar-refractivity contribution in [2.75, 3.05) is 0 Å². The van der Waals surface area contributed by atoms with Crippen molar-refractivity contribution in [3.63, 3.8) is 0 Å². The van der Waals surface area contributed by atoms with E-state index in [1.807, 2.05) is 5.32 Å². The summed E-state index contributed by atoms with van der Waals surface area (Å²) in [5.74, 6) is -6.69. The Morgan fingerprint density at radius 2 is 1.77 bits per heavy atom. The van der Waals surface area contributed by atoms with Crippen molar-refractivity contribution in [3.05, 3.63) is 35.1 Å². The zero-order valence-corrected chi connectivity index (χ0v) is 12.7. The Morgan fingerprint density at radius 1 is 1.23 bits per heavy atom. The molecule has 0 bridgehead atoms. The molecule has 0 spiro atoms. The van der Waals surface area contributed by atoms with Crippen LogP contribution in [0.5, 0.6) is 0 Å². The quantitative estimate of drug-likeness (QED) is 0.886. The number of carboxylic acid groups (broad SMARTS) is 1. The third-order valence-electron chi connectivity index (χ3n) is 3.14. The minimum Gasteiger partial charge on any atom is -0.465 e. The summed E-state index contributed by atoms with van der Waals surface area (Å²) >= 11 is 0. The Labute approximate surface area is 126 Å². The first kappa shape index (κ1) is 18.0. The van der Waals surface area contributed by atoms with Gasteiger partial charge in [0.15, 0.2) is 0 Å². The fourth-order valence-electron chi connectivity index (χ4n) is 1.98. The van der Waals surface area contributed by atoms with Crippen LogP contribution in [-0.2, 0) is 10.7 Å². The highest BCUT2D eigenvalue weighted by Crippen LogP contribution is 2.38. The molecule has 22 heavy (non-hydrogen) atoms. The van der Waals surface area contributed by atoms with E-state index in [9.17, 15) is 22.8 Å². The molecule has 0 unspecified atom stereocenters. The fourth-order valence-corrected chi connectivity index (χ4v) is 1.98. The normalized spacial score (nSPS) is 13.6. The monoisotopic (exact) mass is 317 g/mol. The van der Waals surface area contributed by atoms with Crippen LogP contribution in [0.1, 0.15) is 44.9 Å². The molecule has 1 aromatic carbocycles. The van der Waals surface area contributed by atoms with Gasteiger partial charge in [0.05, 0.1) is 11.6 Å². The van der Waals surface area contributed by atoms with Gasteiger partial charge >= 0.3 is 12.0 Å². The highest BCUT2D eigenvalue weighted by molar-refractivity contribution is 5.91. The Morgan fingerprint density at radius 3 is 2.23 bits per heavy atom. The van der Waals surface area contributed by atoms with E-state index in [-0.39, 0.29) is 5.56 Å². The smallest absolute Gasteiger partial charge is 0.405 e. The number of rotatable bonds is 4. The van der Waals surface area contributed by atoms with Crippen LogP contribution in [0.25, 0.3) is 0 Å². The number of halogens is 3. The van der Waals surface area contributed by atoms with Gasteiger partial charge in [0, 0.05) is 11.0 Å². The minimum absolute atomic E-state index is 0.249. The molecule has 122 valence electrons. The van der Waals surface area contributed by atoms with Crippen LogP contribution in [-0.4, -0.2) is 17.0 Å². The number of carbonyl (C=O) groups excluding carboxylic acids is 1. The van der Waals surface area contributed by atoms with Crippen molar-refractivity contribution in [2.24, 2.45) is 5.41 Å². The van der Waals surface area contributed by atoms with Crippen LogP contribution < -0.4 is 5.32 Å². The molecule has 0 heterocycles. The number of hydrogen-bond acceptors (Lipinski definition) is 2. The highest BCUT2D eigenvalue weighted by Gasteiger charge is 2.48. The molecule has 1 rings (SSSR count). The van der Waals surface area contributed by atoms with Crippen molar-refractivity contribution < 1.29 is 27.9 Å². The van der Waals surface area contributed by atoms with Gasteiger partial charge in [-0.05, 0) is 13.0 Å². The summed E-state index contributed by atoms with van der Waals surface area (Å²) in [6.45, 7) is 5.28. The van der Waals surface area contributed by atoms with E-state index in [1.54, 1.807) is 0 Å². The van der Waals surface area contributed by atoms with Gasteiger partial charge in [-0.1, -0.05) is 32.9 Å². The van der Waals surface area contributed by atoms with Crippen LogP contribution in [0.3, 0.4) is 0 Å².